The predicted octanol–water partition coefficient (Wildman–Crippen LogP) is 4.16. The summed E-state index contributed by atoms with van der Waals surface area (Å²) in [5.74, 6) is 0.492. The molecule has 0 radical (unpaired) electrons. The second kappa shape index (κ2) is 5.87. The third-order valence-corrected chi connectivity index (χ3v) is 4.49. The van der Waals surface area contributed by atoms with Crippen molar-refractivity contribution in [1.29, 1.82) is 0 Å². The summed E-state index contributed by atoms with van der Waals surface area (Å²) in [6.07, 6.45) is 9.97. The van der Waals surface area contributed by atoms with E-state index in [0.717, 1.165) is 6.54 Å². The van der Waals surface area contributed by atoms with Crippen molar-refractivity contribution in [2.24, 2.45) is 0 Å². The molecule has 1 aromatic rings. The Labute approximate surface area is 114 Å². The molecule has 1 fully saturated rings. The van der Waals surface area contributed by atoms with E-state index >= 15 is 0 Å². The number of hydrogen-bond donors (Lipinski definition) is 1. The number of allylic oxidation sites excluding steroid dienone is 1. The number of halogens is 1. The lowest BCUT2D eigenvalue weighted by molar-refractivity contribution is 0.292. The molecule has 0 amide bonds. The van der Waals surface area contributed by atoms with Crippen LogP contribution in [0.2, 0.25) is 0 Å². The van der Waals surface area contributed by atoms with Crippen molar-refractivity contribution in [2.45, 2.75) is 50.5 Å². The Balaban J connectivity index is 1.37. The van der Waals surface area contributed by atoms with Crippen LogP contribution < -0.4 is 5.32 Å². The van der Waals surface area contributed by atoms with Crippen LogP contribution in [-0.4, -0.2) is 12.6 Å². The van der Waals surface area contributed by atoms with E-state index in [1.54, 1.807) is 17.7 Å². The zero-order chi connectivity index (χ0) is 13.1. The molecule has 1 aromatic carbocycles. The summed E-state index contributed by atoms with van der Waals surface area (Å²) in [5, 5.41) is 3.64. The van der Waals surface area contributed by atoms with Gasteiger partial charge in [0.1, 0.15) is 5.82 Å². The molecule has 2 heteroatoms. The van der Waals surface area contributed by atoms with Crippen molar-refractivity contribution in [3.8, 4) is 0 Å². The van der Waals surface area contributed by atoms with E-state index in [1.807, 2.05) is 12.1 Å². The van der Waals surface area contributed by atoms with Crippen LogP contribution in [0, 0.1) is 5.82 Å². The topological polar surface area (TPSA) is 12.0 Å². The van der Waals surface area contributed by atoms with Crippen LogP contribution in [0.3, 0.4) is 0 Å². The zero-order valence-electron chi connectivity index (χ0n) is 11.4. The van der Waals surface area contributed by atoms with Crippen molar-refractivity contribution in [3.05, 3.63) is 47.3 Å². The SMILES string of the molecule is Fc1ccc(C2CC(NCCC3=CCCC3)C2)cc1. The average molecular weight is 259 g/mol. The predicted molar refractivity (Wildman–Crippen MR) is 76.7 cm³/mol. The fourth-order valence-electron chi connectivity index (χ4n) is 3.19. The average Bonchev–Trinajstić information content (AvgIpc) is 2.87. The number of benzene rings is 1. The first kappa shape index (κ1) is 12.9. The maximum Gasteiger partial charge on any atom is 0.123 e. The second-order valence-electron chi connectivity index (χ2n) is 5.88. The molecule has 0 atom stereocenters. The highest BCUT2D eigenvalue weighted by atomic mass is 19.1. The summed E-state index contributed by atoms with van der Waals surface area (Å²) >= 11 is 0. The lowest BCUT2D eigenvalue weighted by Gasteiger charge is -2.36. The van der Waals surface area contributed by atoms with E-state index in [1.165, 1.54) is 44.1 Å². The largest absolute Gasteiger partial charge is 0.314 e. The van der Waals surface area contributed by atoms with E-state index in [4.69, 9.17) is 0 Å². The van der Waals surface area contributed by atoms with Crippen LogP contribution in [0.5, 0.6) is 0 Å². The first-order valence-corrected chi connectivity index (χ1v) is 7.48. The van der Waals surface area contributed by atoms with Gasteiger partial charge in [-0.25, -0.2) is 4.39 Å². The van der Waals surface area contributed by atoms with E-state index in [9.17, 15) is 4.39 Å². The van der Waals surface area contributed by atoms with Crippen molar-refractivity contribution in [3.63, 3.8) is 0 Å². The monoisotopic (exact) mass is 259 g/mol. The molecule has 0 unspecified atom stereocenters. The summed E-state index contributed by atoms with van der Waals surface area (Å²) in [6, 6.07) is 7.67. The molecule has 1 saturated carbocycles. The standard InChI is InChI=1S/C17H22FN/c18-16-7-5-14(6-8-16)15-11-17(12-15)19-10-9-13-3-1-2-4-13/h3,5-8,15,17,19H,1-2,4,9-12H2. The molecule has 0 saturated heterocycles. The molecular weight excluding hydrogens is 237 g/mol. The Morgan fingerprint density at radius 3 is 2.63 bits per heavy atom. The number of nitrogens with one attached hydrogen (secondary N) is 1. The van der Waals surface area contributed by atoms with Gasteiger partial charge in [0.15, 0.2) is 0 Å². The van der Waals surface area contributed by atoms with Gasteiger partial charge in [0, 0.05) is 6.04 Å². The highest BCUT2D eigenvalue weighted by Crippen LogP contribution is 2.36. The van der Waals surface area contributed by atoms with Crippen LogP contribution in [0.25, 0.3) is 0 Å². The Bertz CT molecular complexity index is 443. The molecule has 0 spiro atoms. The summed E-state index contributed by atoms with van der Waals surface area (Å²) in [5.41, 5.74) is 2.93. The van der Waals surface area contributed by atoms with E-state index < -0.39 is 0 Å². The van der Waals surface area contributed by atoms with E-state index in [-0.39, 0.29) is 5.82 Å². The highest BCUT2D eigenvalue weighted by Gasteiger charge is 2.29. The third kappa shape index (κ3) is 3.24. The second-order valence-corrected chi connectivity index (χ2v) is 5.88. The lowest BCUT2D eigenvalue weighted by Crippen LogP contribution is -2.40. The molecule has 0 aliphatic heterocycles. The van der Waals surface area contributed by atoms with E-state index in [2.05, 4.69) is 11.4 Å². The summed E-state index contributed by atoms with van der Waals surface area (Å²) in [6.45, 7) is 1.12. The fraction of sp³-hybridized carbons (Fsp3) is 0.529. The smallest absolute Gasteiger partial charge is 0.123 e. The molecule has 102 valence electrons. The van der Waals surface area contributed by atoms with Crippen LogP contribution in [-0.2, 0) is 0 Å². The van der Waals surface area contributed by atoms with Gasteiger partial charge in [-0.2, -0.15) is 0 Å². The van der Waals surface area contributed by atoms with Crippen molar-refractivity contribution in [2.75, 3.05) is 6.54 Å². The maximum absolute atomic E-state index is 12.8. The summed E-state index contributed by atoms with van der Waals surface area (Å²) in [7, 11) is 0. The van der Waals surface area contributed by atoms with Gasteiger partial charge < -0.3 is 5.32 Å². The van der Waals surface area contributed by atoms with E-state index in [0.29, 0.717) is 12.0 Å². The van der Waals surface area contributed by atoms with Gasteiger partial charge in [0.05, 0.1) is 0 Å². The number of rotatable bonds is 5. The van der Waals surface area contributed by atoms with Gasteiger partial charge in [-0.3, -0.25) is 0 Å². The maximum atomic E-state index is 12.8. The van der Waals surface area contributed by atoms with Gasteiger partial charge in [0.2, 0.25) is 0 Å². The molecular formula is C17H22FN. The molecule has 1 N–H and O–H groups in total. The molecule has 2 aliphatic rings. The zero-order valence-corrected chi connectivity index (χ0v) is 11.4. The van der Waals surface area contributed by atoms with Crippen molar-refractivity contribution in [1.82, 2.24) is 5.32 Å². The molecule has 0 heterocycles. The molecule has 0 bridgehead atoms. The third-order valence-electron chi connectivity index (χ3n) is 4.49. The van der Waals surface area contributed by atoms with Gasteiger partial charge >= 0.3 is 0 Å². The Kier molecular flexibility index (Phi) is 3.97. The first-order chi connectivity index (χ1) is 9.31. The molecule has 19 heavy (non-hydrogen) atoms. The van der Waals surface area contributed by atoms with Crippen molar-refractivity contribution >= 4 is 0 Å². The Hall–Kier alpha value is -1.15. The minimum absolute atomic E-state index is 0.136. The number of hydrogen-bond acceptors (Lipinski definition) is 1. The molecule has 3 rings (SSSR count). The minimum atomic E-state index is -0.136. The normalized spacial score (nSPS) is 26.1. The van der Waals surface area contributed by atoms with Crippen LogP contribution in [0.4, 0.5) is 4.39 Å². The van der Waals surface area contributed by atoms with Crippen molar-refractivity contribution < 1.29 is 4.39 Å². The molecule has 0 aromatic heterocycles. The Morgan fingerprint density at radius 2 is 1.95 bits per heavy atom. The highest BCUT2D eigenvalue weighted by molar-refractivity contribution is 5.23. The molecule has 2 aliphatic carbocycles. The van der Waals surface area contributed by atoms with Gasteiger partial charge in [-0.1, -0.05) is 23.8 Å². The van der Waals surface area contributed by atoms with Gasteiger partial charge in [0.25, 0.3) is 0 Å². The quantitative estimate of drug-likeness (QED) is 0.783. The first-order valence-electron chi connectivity index (χ1n) is 7.48. The van der Waals surface area contributed by atoms with Gasteiger partial charge in [-0.05, 0) is 68.7 Å². The van der Waals surface area contributed by atoms with Crippen LogP contribution in [0.1, 0.15) is 50.0 Å². The summed E-state index contributed by atoms with van der Waals surface area (Å²) < 4.78 is 12.8. The summed E-state index contributed by atoms with van der Waals surface area (Å²) in [4.78, 5) is 0. The van der Waals surface area contributed by atoms with Crippen LogP contribution >= 0.6 is 0 Å². The van der Waals surface area contributed by atoms with Crippen LogP contribution in [0.15, 0.2) is 35.9 Å². The lowest BCUT2D eigenvalue weighted by atomic mass is 9.76. The molecule has 1 nitrogen and oxygen atoms in total. The fourth-order valence-corrected chi connectivity index (χ4v) is 3.19. The van der Waals surface area contributed by atoms with Gasteiger partial charge in [-0.15, -0.1) is 0 Å². The Morgan fingerprint density at radius 1 is 1.16 bits per heavy atom. The minimum Gasteiger partial charge on any atom is -0.314 e.